The van der Waals surface area contributed by atoms with Crippen LogP contribution in [0.15, 0.2) is 11.6 Å². The number of nitrogens with two attached hydrogens (primary N) is 1. The first-order valence-corrected chi connectivity index (χ1v) is 6.82. The molecule has 0 radical (unpaired) electrons. The molecule has 2 atom stereocenters. The molecule has 16 heavy (non-hydrogen) atoms. The number of carboxylic acid groups (broad SMARTS) is 1. The minimum atomic E-state index is -4.07. The lowest BCUT2D eigenvalue weighted by atomic mass is 9.86. The molecular formula is C9H16NO5P. The second-order valence-electron chi connectivity index (χ2n) is 4.07. The van der Waals surface area contributed by atoms with Gasteiger partial charge in [-0.05, 0) is 19.3 Å². The zero-order chi connectivity index (χ0) is 12.3. The summed E-state index contributed by atoms with van der Waals surface area (Å²) < 4.78 is 10.8. The van der Waals surface area contributed by atoms with Gasteiger partial charge >= 0.3 is 13.6 Å². The van der Waals surface area contributed by atoms with Gasteiger partial charge in [0.25, 0.3) is 0 Å². The van der Waals surface area contributed by atoms with E-state index in [9.17, 15) is 9.36 Å². The normalized spacial score (nSPS) is 23.7. The van der Waals surface area contributed by atoms with Crippen molar-refractivity contribution in [2.24, 2.45) is 11.7 Å². The van der Waals surface area contributed by atoms with Gasteiger partial charge in [-0.2, -0.15) is 0 Å². The third kappa shape index (κ3) is 4.06. The van der Waals surface area contributed by atoms with Gasteiger partial charge in [0.2, 0.25) is 0 Å². The molecule has 6 nitrogen and oxygen atoms in total. The lowest BCUT2D eigenvalue weighted by molar-refractivity contribution is -0.139. The van der Waals surface area contributed by atoms with Crippen molar-refractivity contribution in [1.82, 2.24) is 0 Å². The van der Waals surface area contributed by atoms with Gasteiger partial charge in [-0.1, -0.05) is 11.6 Å². The van der Waals surface area contributed by atoms with E-state index in [0.29, 0.717) is 18.4 Å². The molecule has 0 saturated carbocycles. The highest BCUT2D eigenvalue weighted by atomic mass is 31.2. The Labute approximate surface area is 93.3 Å². The zero-order valence-electron chi connectivity index (χ0n) is 8.74. The van der Waals surface area contributed by atoms with Crippen molar-refractivity contribution in [3.05, 3.63) is 11.6 Å². The first-order valence-electron chi connectivity index (χ1n) is 5.02. The summed E-state index contributed by atoms with van der Waals surface area (Å²) in [5.74, 6) is -1.41. The third-order valence-corrected chi connectivity index (χ3v) is 3.46. The van der Waals surface area contributed by atoms with Gasteiger partial charge in [0.05, 0.1) is 6.16 Å². The lowest BCUT2D eigenvalue weighted by Crippen LogP contribution is -2.38. The highest BCUT2D eigenvalue weighted by Crippen LogP contribution is 2.40. The predicted octanol–water partition coefficient (Wildman–Crippen LogP) is 0.302. The third-order valence-electron chi connectivity index (χ3n) is 2.64. The van der Waals surface area contributed by atoms with Gasteiger partial charge in [-0.3, -0.25) is 9.36 Å². The van der Waals surface area contributed by atoms with Crippen LogP contribution in [0.25, 0.3) is 0 Å². The van der Waals surface area contributed by atoms with E-state index in [4.69, 9.17) is 20.6 Å². The molecule has 0 aromatic carbocycles. The van der Waals surface area contributed by atoms with Crippen molar-refractivity contribution in [1.29, 1.82) is 0 Å². The summed E-state index contributed by atoms with van der Waals surface area (Å²) in [5.41, 5.74) is 6.09. The average Bonchev–Trinajstić information content (AvgIpc) is 2.14. The largest absolute Gasteiger partial charge is 0.480 e. The summed E-state index contributed by atoms with van der Waals surface area (Å²) in [6.45, 7) is 0. The van der Waals surface area contributed by atoms with Crippen LogP contribution in [0.2, 0.25) is 0 Å². The molecule has 0 aliphatic heterocycles. The van der Waals surface area contributed by atoms with E-state index in [-0.39, 0.29) is 12.1 Å². The Morgan fingerprint density at radius 1 is 1.62 bits per heavy atom. The first kappa shape index (κ1) is 13.4. The molecule has 92 valence electrons. The predicted molar refractivity (Wildman–Crippen MR) is 57.9 cm³/mol. The van der Waals surface area contributed by atoms with Crippen LogP contribution in [-0.4, -0.2) is 33.1 Å². The van der Waals surface area contributed by atoms with Gasteiger partial charge in [-0.15, -0.1) is 0 Å². The van der Waals surface area contributed by atoms with Gasteiger partial charge < -0.3 is 20.6 Å². The van der Waals surface area contributed by atoms with E-state index in [1.807, 2.05) is 0 Å². The maximum atomic E-state index is 10.8. The van der Waals surface area contributed by atoms with E-state index < -0.39 is 19.6 Å². The number of carboxylic acids is 1. The van der Waals surface area contributed by atoms with Crippen LogP contribution in [0.1, 0.15) is 19.3 Å². The number of carbonyl (C=O) groups is 1. The Morgan fingerprint density at radius 2 is 2.25 bits per heavy atom. The summed E-state index contributed by atoms with van der Waals surface area (Å²) in [6.07, 6.45) is 3.29. The quantitative estimate of drug-likeness (QED) is 0.420. The SMILES string of the molecule is N[C@@H](C(=O)O)[C@@H]1C=C(CP(=O)(O)O)CCC1. The summed E-state index contributed by atoms with van der Waals surface area (Å²) in [5, 5.41) is 8.75. The molecule has 0 aromatic rings. The van der Waals surface area contributed by atoms with Crippen molar-refractivity contribution >= 4 is 13.6 Å². The molecule has 0 aromatic heterocycles. The van der Waals surface area contributed by atoms with E-state index in [1.165, 1.54) is 0 Å². The fourth-order valence-corrected chi connectivity index (χ4v) is 2.69. The van der Waals surface area contributed by atoms with Gasteiger partial charge in [0, 0.05) is 5.92 Å². The summed E-state index contributed by atoms with van der Waals surface area (Å²) >= 11 is 0. The Morgan fingerprint density at radius 3 is 2.75 bits per heavy atom. The Bertz CT molecular complexity index is 348. The van der Waals surface area contributed by atoms with E-state index in [0.717, 1.165) is 6.42 Å². The average molecular weight is 249 g/mol. The van der Waals surface area contributed by atoms with Crippen LogP contribution in [0.5, 0.6) is 0 Å². The molecular weight excluding hydrogens is 233 g/mol. The Kier molecular flexibility index (Phi) is 4.27. The summed E-state index contributed by atoms with van der Waals surface area (Å²) in [6, 6.07) is -0.993. The standard InChI is InChI=1S/C9H16NO5P/c10-8(9(11)12)7-3-1-2-6(4-7)5-16(13,14)15/h4,7-8H,1-3,5,10H2,(H,11,12)(H2,13,14,15)/t7-,8+/m0/s1. The summed E-state index contributed by atoms with van der Waals surface area (Å²) in [4.78, 5) is 28.3. The monoisotopic (exact) mass is 249 g/mol. The van der Waals surface area contributed by atoms with Crippen LogP contribution in [-0.2, 0) is 9.36 Å². The number of hydrogen-bond acceptors (Lipinski definition) is 3. The lowest BCUT2D eigenvalue weighted by Gasteiger charge is -2.24. The molecule has 1 aliphatic carbocycles. The van der Waals surface area contributed by atoms with Crippen LogP contribution in [0.4, 0.5) is 0 Å². The molecule has 0 bridgehead atoms. The number of aliphatic carboxylic acids is 1. The number of rotatable bonds is 4. The second-order valence-corrected chi connectivity index (χ2v) is 5.71. The highest BCUT2D eigenvalue weighted by Gasteiger charge is 2.27. The van der Waals surface area contributed by atoms with Gasteiger partial charge in [0.1, 0.15) is 6.04 Å². The topological polar surface area (TPSA) is 121 Å². The van der Waals surface area contributed by atoms with Gasteiger partial charge in [0.15, 0.2) is 0 Å². The van der Waals surface area contributed by atoms with Crippen molar-refractivity contribution < 1.29 is 24.3 Å². The molecule has 0 unspecified atom stereocenters. The molecule has 7 heteroatoms. The second kappa shape index (κ2) is 5.10. The van der Waals surface area contributed by atoms with Crippen molar-refractivity contribution in [3.8, 4) is 0 Å². The first-order chi connectivity index (χ1) is 7.29. The Balaban J connectivity index is 2.73. The molecule has 0 fully saturated rings. The smallest absolute Gasteiger partial charge is 0.329 e. The summed E-state index contributed by atoms with van der Waals surface area (Å²) in [7, 11) is -4.07. The Hall–Kier alpha value is -0.680. The molecule has 1 aliphatic rings. The fraction of sp³-hybridized carbons (Fsp3) is 0.667. The van der Waals surface area contributed by atoms with E-state index in [2.05, 4.69) is 0 Å². The van der Waals surface area contributed by atoms with Crippen LogP contribution < -0.4 is 5.73 Å². The molecule has 5 N–H and O–H groups in total. The number of hydrogen-bond donors (Lipinski definition) is 4. The minimum absolute atomic E-state index is 0.296. The minimum Gasteiger partial charge on any atom is -0.480 e. The molecule has 1 rings (SSSR count). The van der Waals surface area contributed by atoms with E-state index >= 15 is 0 Å². The molecule has 0 saturated heterocycles. The van der Waals surface area contributed by atoms with Gasteiger partial charge in [-0.25, -0.2) is 0 Å². The number of allylic oxidation sites excluding steroid dienone is 1. The van der Waals surface area contributed by atoms with Crippen molar-refractivity contribution in [3.63, 3.8) is 0 Å². The van der Waals surface area contributed by atoms with Crippen molar-refractivity contribution in [2.45, 2.75) is 25.3 Å². The zero-order valence-corrected chi connectivity index (χ0v) is 9.64. The fourth-order valence-electron chi connectivity index (χ4n) is 1.90. The van der Waals surface area contributed by atoms with Crippen molar-refractivity contribution in [2.75, 3.05) is 6.16 Å². The van der Waals surface area contributed by atoms with Crippen LogP contribution >= 0.6 is 7.60 Å². The molecule has 0 spiro atoms. The maximum absolute atomic E-state index is 10.8. The maximum Gasteiger partial charge on any atom is 0.329 e. The van der Waals surface area contributed by atoms with Crippen LogP contribution in [0, 0.1) is 5.92 Å². The highest BCUT2D eigenvalue weighted by molar-refractivity contribution is 7.52. The molecule has 0 heterocycles. The van der Waals surface area contributed by atoms with Crippen LogP contribution in [0.3, 0.4) is 0 Å². The molecule has 0 amide bonds. The van der Waals surface area contributed by atoms with E-state index in [1.54, 1.807) is 6.08 Å².